The Labute approximate surface area is 53.0 Å². The number of rotatable bonds is 2. The summed E-state index contributed by atoms with van der Waals surface area (Å²) in [4.78, 5) is 0. The Morgan fingerprint density at radius 1 is 1.56 bits per heavy atom. The third-order valence-corrected chi connectivity index (χ3v) is 1.20. The van der Waals surface area contributed by atoms with Crippen molar-refractivity contribution in [3.63, 3.8) is 0 Å². The van der Waals surface area contributed by atoms with Crippen molar-refractivity contribution in [2.24, 2.45) is 0 Å². The fraction of sp³-hybridized carbons (Fsp3) is 1.00. The van der Waals surface area contributed by atoms with Crippen molar-refractivity contribution in [1.29, 1.82) is 0 Å². The summed E-state index contributed by atoms with van der Waals surface area (Å²) in [7, 11) is 0. The third-order valence-electron chi connectivity index (χ3n) is 1.20. The standard InChI is InChI=1S/C6H10F2O/c1-4(2)9-5-3-6(5,7)8/h4-5H,3H2,1-2H3. The molecule has 1 saturated carbocycles. The van der Waals surface area contributed by atoms with Gasteiger partial charge in [-0.05, 0) is 13.8 Å². The maximum absolute atomic E-state index is 12.0. The number of ether oxygens (including phenoxy) is 1. The topological polar surface area (TPSA) is 9.23 Å². The summed E-state index contributed by atoms with van der Waals surface area (Å²) < 4.78 is 28.9. The highest BCUT2D eigenvalue weighted by atomic mass is 19.3. The van der Waals surface area contributed by atoms with Crippen LogP contribution < -0.4 is 0 Å². The van der Waals surface area contributed by atoms with Crippen LogP contribution in [0.2, 0.25) is 0 Å². The predicted octanol–water partition coefficient (Wildman–Crippen LogP) is 1.82. The minimum Gasteiger partial charge on any atom is -0.369 e. The van der Waals surface area contributed by atoms with Crippen LogP contribution in [-0.2, 0) is 4.74 Å². The summed E-state index contributed by atoms with van der Waals surface area (Å²) >= 11 is 0. The molecule has 3 heteroatoms. The lowest BCUT2D eigenvalue weighted by Gasteiger charge is -2.04. The summed E-state index contributed by atoms with van der Waals surface area (Å²) in [5, 5.41) is 0. The molecule has 0 saturated heterocycles. The number of hydrogen-bond donors (Lipinski definition) is 0. The number of halogens is 2. The van der Waals surface area contributed by atoms with Gasteiger partial charge in [0, 0.05) is 6.42 Å². The van der Waals surface area contributed by atoms with Gasteiger partial charge in [-0.3, -0.25) is 0 Å². The molecule has 0 aromatic heterocycles. The van der Waals surface area contributed by atoms with E-state index in [4.69, 9.17) is 4.74 Å². The van der Waals surface area contributed by atoms with E-state index in [0.29, 0.717) is 0 Å². The van der Waals surface area contributed by atoms with Gasteiger partial charge in [0.05, 0.1) is 6.10 Å². The molecule has 54 valence electrons. The van der Waals surface area contributed by atoms with Gasteiger partial charge < -0.3 is 4.74 Å². The maximum atomic E-state index is 12.0. The minimum atomic E-state index is -2.52. The Balaban J connectivity index is 2.20. The first-order chi connectivity index (χ1) is 4.02. The molecule has 0 N–H and O–H groups in total. The van der Waals surface area contributed by atoms with Gasteiger partial charge in [0.1, 0.15) is 6.10 Å². The second-order valence-electron chi connectivity index (χ2n) is 2.64. The molecule has 1 unspecified atom stereocenters. The van der Waals surface area contributed by atoms with Crippen LogP contribution in [0.1, 0.15) is 20.3 Å². The van der Waals surface area contributed by atoms with Crippen LogP contribution in [0.15, 0.2) is 0 Å². The van der Waals surface area contributed by atoms with Crippen LogP contribution in [0.4, 0.5) is 8.78 Å². The molecule has 0 radical (unpaired) electrons. The number of hydrogen-bond acceptors (Lipinski definition) is 1. The van der Waals surface area contributed by atoms with Crippen molar-refractivity contribution in [2.45, 2.75) is 38.4 Å². The second kappa shape index (κ2) is 1.90. The molecule has 1 nitrogen and oxygen atoms in total. The zero-order chi connectivity index (χ0) is 7.07. The molecule has 0 aliphatic heterocycles. The zero-order valence-electron chi connectivity index (χ0n) is 5.53. The summed E-state index contributed by atoms with van der Waals surface area (Å²) in [6, 6.07) is 0. The van der Waals surface area contributed by atoms with Crippen LogP contribution in [0.5, 0.6) is 0 Å². The summed E-state index contributed by atoms with van der Waals surface area (Å²) in [5.41, 5.74) is 0. The van der Waals surface area contributed by atoms with Gasteiger partial charge in [-0.1, -0.05) is 0 Å². The van der Waals surface area contributed by atoms with Crippen molar-refractivity contribution >= 4 is 0 Å². The molecule has 9 heavy (non-hydrogen) atoms. The highest BCUT2D eigenvalue weighted by Gasteiger charge is 2.58. The first-order valence-corrected chi connectivity index (χ1v) is 3.05. The van der Waals surface area contributed by atoms with Crippen LogP contribution in [0.25, 0.3) is 0 Å². The van der Waals surface area contributed by atoms with E-state index in [9.17, 15) is 8.78 Å². The molecule has 0 bridgehead atoms. The van der Waals surface area contributed by atoms with E-state index >= 15 is 0 Å². The summed E-state index contributed by atoms with van der Waals surface area (Å²) in [6.45, 7) is 3.52. The van der Waals surface area contributed by atoms with Gasteiger partial charge in [-0.2, -0.15) is 0 Å². The quantitative estimate of drug-likeness (QED) is 0.562. The van der Waals surface area contributed by atoms with Gasteiger partial charge >= 0.3 is 0 Å². The van der Waals surface area contributed by atoms with E-state index < -0.39 is 12.0 Å². The first-order valence-electron chi connectivity index (χ1n) is 3.05. The summed E-state index contributed by atoms with van der Waals surface area (Å²) in [6.07, 6.45) is -0.966. The fourth-order valence-corrected chi connectivity index (χ4v) is 0.664. The van der Waals surface area contributed by atoms with E-state index in [0.717, 1.165) is 0 Å². The Morgan fingerprint density at radius 2 is 2.00 bits per heavy atom. The second-order valence-corrected chi connectivity index (χ2v) is 2.64. The van der Waals surface area contributed by atoms with E-state index in [1.54, 1.807) is 13.8 Å². The van der Waals surface area contributed by atoms with Crippen molar-refractivity contribution in [2.75, 3.05) is 0 Å². The smallest absolute Gasteiger partial charge is 0.276 e. The minimum absolute atomic E-state index is 0.0802. The third kappa shape index (κ3) is 1.61. The van der Waals surface area contributed by atoms with E-state index in [1.165, 1.54) is 0 Å². The van der Waals surface area contributed by atoms with Gasteiger partial charge in [0.2, 0.25) is 0 Å². The Morgan fingerprint density at radius 3 is 2.11 bits per heavy atom. The van der Waals surface area contributed by atoms with Crippen molar-refractivity contribution in [3.05, 3.63) is 0 Å². The predicted molar refractivity (Wildman–Crippen MR) is 29.6 cm³/mol. The SMILES string of the molecule is CC(C)OC1CC1(F)F. The molecule has 0 aromatic carbocycles. The Kier molecular flexibility index (Phi) is 1.47. The molecule has 0 aromatic rings. The first kappa shape index (κ1) is 6.93. The molecule has 1 aliphatic rings. The van der Waals surface area contributed by atoms with Crippen LogP contribution >= 0.6 is 0 Å². The Bertz CT molecular complexity index is 112. The average molecular weight is 136 g/mol. The molecule has 1 aliphatic carbocycles. The van der Waals surface area contributed by atoms with Crippen LogP contribution in [-0.4, -0.2) is 18.1 Å². The summed E-state index contributed by atoms with van der Waals surface area (Å²) in [5.74, 6) is -2.52. The lowest BCUT2D eigenvalue weighted by atomic mass is 10.5. The van der Waals surface area contributed by atoms with Crippen LogP contribution in [0.3, 0.4) is 0 Å². The fourth-order valence-electron chi connectivity index (χ4n) is 0.664. The zero-order valence-corrected chi connectivity index (χ0v) is 5.53. The molecular formula is C6H10F2O. The molecule has 0 amide bonds. The largest absolute Gasteiger partial charge is 0.369 e. The van der Waals surface area contributed by atoms with Crippen molar-refractivity contribution < 1.29 is 13.5 Å². The lowest BCUT2D eigenvalue weighted by Crippen LogP contribution is -2.10. The van der Waals surface area contributed by atoms with Crippen LogP contribution in [0, 0.1) is 0 Å². The lowest BCUT2D eigenvalue weighted by molar-refractivity contribution is -0.0133. The van der Waals surface area contributed by atoms with Gasteiger partial charge in [-0.25, -0.2) is 8.78 Å². The number of alkyl halides is 2. The van der Waals surface area contributed by atoms with E-state index in [2.05, 4.69) is 0 Å². The normalized spacial score (nSPS) is 31.0. The molecule has 1 rings (SSSR count). The van der Waals surface area contributed by atoms with Gasteiger partial charge in [-0.15, -0.1) is 0 Å². The molecular weight excluding hydrogens is 126 g/mol. The van der Waals surface area contributed by atoms with Crippen molar-refractivity contribution in [1.82, 2.24) is 0 Å². The molecule has 0 spiro atoms. The maximum Gasteiger partial charge on any atom is 0.276 e. The van der Waals surface area contributed by atoms with E-state index in [-0.39, 0.29) is 12.5 Å². The Hall–Kier alpha value is -0.180. The molecule has 1 atom stereocenters. The molecule has 1 fully saturated rings. The van der Waals surface area contributed by atoms with E-state index in [1.807, 2.05) is 0 Å². The van der Waals surface area contributed by atoms with Gasteiger partial charge in [0.15, 0.2) is 0 Å². The van der Waals surface area contributed by atoms with Gasteiger partial charge in [0.25, 0.3) is 5.92 Å². The monoisotopic (exact) mass is 136 g/mol. The highest BCUT2D eigenvalue weighted by molar-refractivity contribution is 4.97. The molecule has 0 heterocycles. The average Bonchev–Trinajstić information content (AvgIpc) is 2.10. The highest BCUT2D eigenvalue weighted by Crippen LogP contribution is 2.44. The van der Waals surface area contributed by atoms with Crippen molar-refractivity contribution in [3.8, 4) is 0 Å².